The van der Waals surface area contributed by atoms with Crippen molar-refractivity contribution < 1.29 is 9.15 Å². The summed E-state index contributed by atoms with van der Waals surface area (Å²) in [5, 5.41) is 12.6. The zero-order valence-electron chi connectivity index (χ0n) is 10.4. The van der Waals surface area contributed by atoms with Gasteiger partial charge in [0.15, 0.2) is 5.82 Å². The van der Waals surface area contributed by atoms with E-state index in [0.29, 0.717) is 22.0 Å². The van der Waals surface area contributed by atoms with Crippen molar-refractivity contribution in [2.24, 2.45) is 0 Å². The van der Waals surface area contributed by atoms with Gasteiger partial charge in [0, 0.05) is 16.3 Å². The van der Waals surface area contributed by atoms with Crippen LogP contribution in [0.15, 0.2) is 9.15 Å². The minimum absolute atomic E-state index is 0.155. The lowest BCUT2D eigenvalue weighted by atomic mass is 10.3. The SMILES string of the molecule is CC1SCC(c2noc(-c3nonc3N)n2)SC1C. The van der Waals surface area contributed by atoms with Gasteiger partial charge in [-0.2, -0.15) is 16.7 Å². The van der Waals surface area contributed by atoms with E-state index >= 15 is 0 Å². The Hall–Kier alpha value is -1.22. The fraction of sp³-hybridized carbons (Fsp3) is 0.600. The first-order valence-electron chi connectivity index (χ1n) is 5.84. The standard InChI is InChI=1S/C10H13N5O2S2/c1-4-5(2)19-6(3-18-4)9-12-10(16-15-9)7-8(11)14-17-13-7/h4-6H,3H2,1-2H3,(H2,11,14). The van der Waals surface area contributed by atoms with Gasteiger partial charge in [-0.05, 0) is 10.3 Å². The van der Waals surface area contributed by atoms with Gasteiger partial charge in [0.05, 0.1) is 5.25 Å². The number of hydrogen-bond donors (Lipinski definition) is 1. The quantitative estimate of drug-likeness (QED) is 0.891. The van der Waals surface area contributed by atoms with Crippen LogP contribution >= 0.6 is 23.5 Å². The van der Waals surface area contributed by atoms with Crippen molar-refractivity contribution >= 4 is 29.3 Å². The Morgan fingerprint density at radius 1 is 1.21 bits per heavy atom. The molecule has 9 heteroatoms. The Morgan fingerprint density at radius 3 is 2.74 bits per heavy atom. The van der Waals surface area contributed by atoms with Gasteiger partial charge in [0.2, 0.25) is 11.5 Å². The fourth-order valence-electron chi connectivity index (χ4n) is 1.72. The highest BCUT2D eigenvalue weighted by atomic mass is 32.2. The highest BCUT2D eigenvalue weighted by molar-refractivity contribution is 8.07. The summed E-state index contributed by atoms with van der Waals surface area (Å²) in [6, 6.07) is 0. The van der Waals surface area contributed by atoms with Crippen molar-refractivity contribution in [3.05, 3.63) is 5.82 Å². The van der Waals surface area contributed by atoms with Crippen molar-refractivity contribution in [3.8, 4) is 11.6 Å². The van der Waals surface area contributed by atoms with Crippen LogP contribution in [0.25, 0.3) is 11.6 Å². The molecule has 1 aliphatic heterocycles. The molecule has 0 aliphatic carbocycles. The fourth-order valence-corrected chi connectivity index (χ4v) is 4.56. The monoisotopic (exact) mass is 299 g/mol. The number of rotatable bonds is 2. The van der Waals surface area contributed by atoms with E-state index in [2.05, 4.69) is 38.9 Å². The second-order valence-corrected chi connectivity index (χ2v) is 7.32. The van der Waals surface area contributed by atoms with Crippen molar-refractivity contribution in [3.63, 3.8) is 0 Å². The summed E-state index contributed by atoms with van der Waals surface area (Å²) in [5.74, 6) is 2.06. The van der Waals surface area contributed by atoms with Crippen LogP contribution in [0.1, 0.15) is 24.9 Å². The third-order valence-electron chi connectivity index (χ3n) is 3.00. The van der Waals surface area contributed by atoms with Gasteiger partial charge < -0.3 is 10.3 Å². The highest BCUT2D eigenvalue weighted by Crippen LogP contribution is 2.43. The summed E-state index contributed by atoms with van der Waals surface area (Å²) >= 11 is 3.79. The van der Waals surface area contributed by atoms with Crippen LogP contribution in [-0.2, 0) is 0 Å². The summed E-state index contributed by atoms with van der Waals surface area (Å²) < 4.78 is 9.70. The van der Waals surface area contributed by atoms with Gasteiger partial charge in [0.25, 0.3) is 5.89 Å². The van der Waals surface area contributed by atoms with Crippen LogP contribution in [0.3, 0.4) is 0 Å². The molecule has 1 aliphatic rings. The molecule has 1 fully saturated rings. The second-order valence-electron chi connectivity index (χ2n) is 4.32. The van der Waals surface area contributed by atoms with Gasteiger partial charge in [-0.25, -0.2) is 4.63 Å². The van der Waals surface area contributed by atoms with E-state index in [0.717, 1.165) is 5.75 Å². The number of hydrogen-bond acceptors (Lipinski definition) is 9. The summed E-state index contributed by atoms with van der Waals surface area (Å²) in [4.78, 5) is 4.34. The van der Waals surface area contributed by atoms with E-state index in [1.807, 2.05) is 23.5 Å². The van der Waals surface area contributed by atoms with E-state index in [1.165, 1.54) is 0 Å². The third-order valence-corrected chi connectivity index (χ3v) is 6.38. The average Bonchev–Trinajstić information content (AvgIpc) is 3.01. The minimum Gasteiger partial charge on any atom is -0.379 e. The van der Waals surface area contributed by atoms with E-state index in [-0.39, 0.29) is 17.0 Å². The Kier molecular flexibility index (Phi) is 3.40. The molecule has 19 heavy (non-hydrogen) atoms. The highest BCUT2D eigenvalue weighted by Gasteiger charge is 2.30. The topological polar surface area (TPSA) is 104 Å². The number of nitrogens with zero attached hydrogens (tertiary/aromatic N) is 4. The van der Waals surface area contributed by atoms with E-state index in [1.54, 1.807) is 0 Å². The van der Waals surface area contributed by atoms with Gasteiger partial charge in [-0.3, -0.25) is 0 Å². The first-order chi connectivity index (χ1) is 9.15. The number of nitrogens with two attached hydrogens (primary N) is 1. The molecule has 0 bridgehead atoms. The first-order valence-corrected chi connectivity index (χ1v) is 7.83. The Bertz CT molecular complexity index is 572. The number of anilines is 1. The number of aromatic nitrogens is 4. The average molecular weight is 299 g/mol. The lowest BCUT2D eigenvalue weighted by Crippen LogP contribution is -2.22. The van der Waals surface area contributed by atoms with Gasteiger partial charge in [0.1, 0.15) is 0 Å². The van der Waals surface area contributed by atoms with Crippen LogP contribution < -0.4 is 5.73 Å². The van der Waals surface area contributed by atoms with Crippen molar-refractivity contribution in [1.29, 1.82) is 0 Å². The van der Waals surface area contributed by atoms with Crippen molar-refractivity contribution in [2.75, 3.05) is 11.5 Å². The molecule has 0 spiro atoms. The molecule has 0 saturated carbocycles. The largest absolute Gasteiger partial charge is 0.379 e. The zero-order chi connectivity index (χ0) is 13.4. The molecule has 3 rings (SSSR count). The zero-order valence-corrected chi connectivity index (χ0v) is 12.1. The van der Waals surface area contributed by atoms with E-state index < -0.39 is 0 Å². The van der Waals surface area contributed by atoms with Crippen LogP contribution in [-0.4, -0.2) is 36.7 Å². The molecule has 3 unspecified atom stereocenters. The normalized spacial score (nSPS) is 27.6. The summed E-state index contributed by atoms with van der Waals surface area (Å²) in [6.07, 6.45) is 0. The Labute approximate surface area is 118 Å². The molecule has 7 nitrogen and oxygen atoms in total. The maximum Gasteiger partial charge on any atom is 0.284 e. The molecule has 3 heterocycles. The molecule has 3 atom stereocenters. The number of thioether (sulfide) groups is 2. The molecular formula is C10H13N5O2S2. The lowest BCUT2D eigenvalue weighted by Gasteiger charge is -2.29. The molecule has 2 aromatic rings. The van der Waals surface area contributed by atoms with Crippen LogP contribution in [0.4, 0.5) is 5.82 Å². The molecule has 0 amide bonds. The molecule has 0 radical (unpaired) electrons. The molecule has 0 aromatic carbocycles. The summed E-state index contributed by atoms with van der Waals surface area (Å²) in [6.45, 7) is 4.46. The third kappa shape index (κ3) is 2.44. The van der Waals surface area contributed by atoms with Crippen molar-refractivity contribution in [2.45, 2.75) is 29.6 Å². The maximum atomic E-state index is 5.60. The van der Waals surface area contributed by atoms with Gasteiger partial charge >= 0.3 is 0 Å². The Morgan fingerprint density at radius 2 is 2.05 bits per heavy atom. The molecule has 2 N–H and O–H groups in total. The predicted molar refractivity (Wildman–Crippen MR) is 73.7 cm³/mol. The van der Waals surface area contributed by atoms with Crippen LogP contribution in [0, 0.1) is 0 Å². The second kappa shape index (κ2) is 5.04. The van der Waals surface area contributed by atoms with Gasteiger partial charge in [-0.1, -0.05) is 19.0 Å². The molecule has 1 saturated heterocycles. The summed E-state index contributed by atoms with van der Waals surface area (Å²) in [7, 11) is 0. The molecule has 102 valence electrons. The Balaban J connectivity index is 1.80. The maximum absolute atomic E-state index is 5.60. The van der Waals surface area contributed by atoms with E-state index in [4.69, 9.17) is 10.3 Å². The summed E-state index contributed by atoms with van der Waals surface area (Å²) in [5.41, 5.74) is 5.90. The smallest absolute Gasteiger partial charge is 0.284 e. The van der Waals surface area contributed by atoms with Crippen LogP contribution in [0.5, 0.6) is 0 Å². The van der Waals surface area contributed by atoms with E-state index in [9.17, 15) is 0 Å². The number of nitrogen functional groups attached to an aromatic ring is 1. The molecule has 2 aromatic heterocycles. The first kappa shape index (κ1) is 12.8. The lowest BCUT2D eigenvalue weighted by molar-refractivity contribution is 0.308. The van der Waals surface area contributed by atoms with Gasteiger partial charge in [-0.15, -0.1) is 11.8 Å². The van der Waals surface area contributed by atoms with Crippen LogP contribution in [0.2, 0.25) is 0 Å². The molecular weight excluding hydrogens is 286 g/mol. The minimum atomic E-state index is 0.155. The van der Waals surface area contributed by atoms with Crippen molar-refractivity contribution in [1.82, 2.24) is 20.5 Å². The predicted octanol–water partition coefficient (Wildman–Crippen LogP) is 2.00.